The number of aromatic nitrogens is 4. The van der Waals surface area contributed by atoms with Gasteiger partial charge in [-0.25, -0.2) is 9.97 Å². The first kappa shape index (κ1) is 19.5. The lowest BCUT2D eigenvalue weighted by Gasteiger charge is -2.17. The van der Waals surface area contributed by atoms with Gasteiger partial charge in [-0.15, -0.1) is 11.3 Å². The zero-order chi connectivity index (χ0) is 21.5. The van der Waals surface area contributed by atoms with Crippen LogP contribution in [0.3, 0.4) is 0 Å². The van der Waals surface area contributed by atoms with E-state index in [0.717, 1.165) is 26.2 Å². The Hall–Kier alpha value is -3.49. The van der Waals surface area contributed by atoms with Crippen LogP contribution in [0.2, 0.25) is 5.02 Å². The molecule has 0 radical (unpaired) electrons. The summed E-state index contributed by atoms with van der Waals surface area (Å²) in [5.74, 6) is 0.699. The van der Waals surface area contributed by atoms with Gasteiger partial charge in [0.05, 0.1) is 32.2 Å². The largest absolute Gasteiger partial charge is 0.368 e. The quantitative estimate of drug-likeness (QED) is 0.356. The fourth-order valence-corrected chi connectivity index (χ4v) is 4.71. The first-order chi connectivity index (χ1) is 15.0. The minimum absolute atomic E-state index is 0.151. The third kappa shape index (κ3) is 3.60. The van der Waals surface area contributed by atoms with Crippen molar-refractivity contribution in [2.75, 3.05) is 11.1 Å². The minimum Gasteiger partial charge on any atom is -0.368 e. The highest BCUT2D eigenvalue weighted by Crippen LogP contribution is 2.34. The molecule has 2 aromatic carbocycles. The number of nitrogen functional groups attached to an aromatic ring is 1. The maximum atomic E-state index is 12.6. The number of aromatic amines is 1. The Bertz CT molecular complexity index is 1460. The molecule has 9 heteroatoms. The van der Waals surface area contributed by atoms with Gasteiger partial charge in [-0.3, -0.25) is 4.79 Å². The number of halogens is 1. The number of H-pyrrole nitrogens is 1. The summed E-state index contributed by atoms with van der Waals surface area (Å²) in [5.41, 5.74) is 7.98. The van der Waals surface area contributed by atoms with Crippen molar-refractivity contribution in [3.63, 3.8) is 0 Å². The Balaban J connectivity index is 1.55. The molecule has 0 saturated carbocycles. The van der Waals surface area contributed by atoms with E-state index >= 15 is 0 Å². The van der Waals surface area contributed by atoms with Gasteiger partial charge in [0.15, 0.2) is 0 Å². The SMILES string of the molecule is CC(Nc1nc(N)ncc1-c1nc2ccccc2s1)c1cc2cccc(Cl)c2c(=O)[nH]1. The Kier molecular flexibility index (Phi) is 4.80. The van der Waals surface area contributed by atoms with E-state index in [1.54, 1.807) is 23.6 Å². The molecule has 5 rings (SSSR count). The molecule has 3 heterocycles. The molecule has 1 unspecified atom stereocenters. The Morgan fingerprint density at radius 3 is 2.84 bits per heavy atom. The second-order valence-electron chi connectivity index (χ2n) is 7.10. The number of nitrogens with one attached hydrogen (secondary N) is 2. The van der Waals surface area contributed by atoms with E-state index in [1.807, 2.05) is 49.4 Å². The molecule has 0 aliphatic heterocycles. The molecular formula is C22H17ClN6OS. The van der Waals surface area contributed by atoms with Crippen LogP contribution >= 0.6 is 22.9 Å². The van der Waals surface area contributed by atoms with Crippen molar-refractivity contribution < 1.29 is 0 Å². The third-order valence-corrected chi connectivity index (χ3v) is 6.38. The molecular weight excluding hydrogens is 432 g/mol. The monoisotopic (exact) mass is 448 g/mol. The lowest BCUT2D eigenvalue weighted by molar-refractivity contribution is 0.829. The van der Waals surface area contributed by atoms with Crippen LogP contribution in [0, 0.1) is 0 Å². The number of rotatable bonds is 4. The number of para-hydroxylation sites is 1. The lowest BCUT2D eigenvalue weighted by atomic mass is 10.1. The van der Waals surface area contributed by atoms with Gasteiger partial charge in [0.25, 0.3) is 5.56 Å². The van der Waals surface area contributed by atoms with E-state index in [4.69, 9.17) is 22.3 Å². The molecule has 0 aliphatic carbocycles. The number of nitrogens with zero attached hydrogens (tertiary/aromatic N) is 3. The van der Waals surface area contributed by atoms with Crippen LogP contribution in [0.25, 0.3) is 31.6 Å². The first-order valence-corrected chi connectivity index (χ1v) is 10.8. The summed E-state index contributed by atoms with van der Waals surface area (Å²) in [6.45, 7) is 1.93. The van der Waals surface area contributed by atoms with Crippen LogP contribution < -0.4 is 16.6 Å². The number of hydrogen-bond acceptors (Lipinski definition) is 7. The van der Waals surface area contributed by atoms with Crippen molar-refractivity contribution in [3.05, 3.63) is 75.8 Å². The maximum absolute atomic E-state index is 12.6. The van der Waals surface area contributed by atoms with Crippen molar-refractivity contribution >= 4 is 55.7 Å². The molecule has 0 saturated heterocycles. The molecule has 7 nitrogen and oxygen atoms in total. The molecule has 0 amide bonds. The zero-order valence-corrected chi connectivity index (χ0v) is 18.0. The summed E-state index contributed by atoms with van der Waals surface area (Å²) in [6, 6.07) is 14.9. The van der Waals surface area contributed by atoms with Gasteiger partial charge in [-0.2, -0.15) is 4.98 Å². The van der Waals surface area contributed by atoms with Crippen LogP contribution in [0.5, 0.6) is 0 Å². The van der Waals surface area contributed by atoms with Gasteiger partial charge in [-0.05, 0) is 36.6 Å². The Labute approximate surface area is 186 Å². The van der Waals surface area contributed by atoms with Gasteiger partial charge in [0.1, 0.15) is 10.8 Å². The number of fused-ring (bicyclic) bond motifs is 2. The molecule has 3 aromatic heterocycles. The average molecular weight is 449 g/mol. The van der Waals surface area contributed by atoms with Gasteiger partial charge in [-0.1, -0.05) is 35.9 Å². The minimum atomic E-state index is -0.265. The fraction of sp³-hybridized carbons (Fsp3) is 0.0909. The number of anilines is 2. The van der Waals surface area contributed by atoms with E-state index in [2.05, 4.69) is 20.3 Å². The van der Waals surface area contributed by atoms with E-state index in [-0.39, 0.29) is 17.5 Å². The lowest BCUT2D eigenvalue weighted by Crippen LogP contribution is -2.17. The predicted molar refractivity (Wildman–Crippen MR) is 127 cm³/mol. The van der Waals surface area contributed by atoms with Crippen LogP contribution in [-0.2, 0) is 0 Å². The average Bonchev–Trinajstić information content (AvgIpc) is 3.17. The zero-order valence-electron chi connectivity index (χ0n) is 16.4. The van der Waals surface area contributed by atoms with Crippen molar-refractivity contribution in [2.45, 2.75) is 13.0 Å². The summed E-state index contributed by atoms with van der Waals surface area (Å²) in [6.07, 6.45) is 1.66. The Morgan fingerprint density at radius 1 is 1.16 bits per heavy atom. The van der Waals surface area contributed by atoms with Gasteiger partial charge < -0.3 is 16.0 Å². The fourth-order valence-electron chi connectivity index (χ4n) is 3.46. The van der Waals surface area contributed by atoms with E-state index in [0.29, 0.717) is 21.9 Å². The summed E-state index contributed by atoms with van der Waals surface area (Å²) >= 11 is 7.75. The van der Waals surface area contributed by atoms with E-state index in [9.17, 15) is 4.79 Å². The maximum Gasteiger partial charge on any atom is 0.257 e. The number of nitrogens with two attached hydrogens (primary N) is 1. The number of pyridine rings is 1. The molecule has 5 aromatic rings. The van der Waals surface area contributed by atoms with Gasteiger partial charge in [0, 0.05) is 11.9 Å². The third-order valence-electron chi connectivity index (χ3n) is 4.99. The standard InChI is InChI=1S/C22H17ClN6OS/c1-11(16-9-12-5-4-6-14(23)18(12)20(30)27-16)26-19-13(10-25-22(24)29-19)21-28-15-7-2-3-8-17(15)31-21/h2-11H,1H3,(H,27,30)(H3,24,25,26,29). The highest BCUT2D eigenvalue weighted by molar-refractivity contribution is 7.21. The Morgan fingerprint density at radius 2 is 2.00 bits per heavy atom. The molecule has 0 bridgehead atoms. The predicted octanol–water partition coefficient (Wildman–Crippen LogP) is 5.00. The molecule has 4 N–H and O–H groups in total. The second kappa shape index (κ2) is 7.64. The van der Waals surface area contributed by atoms with Crippen LogP contribution in [-0.4, -0.2) is 19.9 Å². The molecule has 0 spiro atoms. The molecule has 0 fully saturated rings. The normalized spacial score (nSPS) is 12.3. The van der Waals surface area contributed by atoms with Crippen molar-refractivity contribution in [1.29, 1.82) is 0 Å². The molecule has 0 aliphatic rings. The van der Waals surface area contributed by atoms with Crippen molar-refractivity contribution in [3.8, 4) is 10.6 Å². The van der Waals surface area contributed by atoms with Crippen molar-refractivity contribution in [2.24, 2.45) is 0 Å². The summed E-state index contributed by atoms with van der Waals surface area (Å²) in [5, 5.41) is 5.81. The summed E-state index contributed by atoms with van der Waals surface area (Å²) < 4.78 is 1.07. The highest BCUT2D eigenvalue weighted by Gasteiger charge is 2.17. The molecule has 154 valence electrons. The summed E-state index contributed by atoms with van der Waals surface area (Å²) in [7, 11) is 0. The van der Waals surface area contributed by atoms with E-state index in [1.165, 1.54) is 0 Å². The van der Waals surface area contributed by atoms with Crippen LogP contribution in [0.1, 0.15) is 18.7 Å². The number of thiazole rings is 1. The second-order valence-corrected chi connectivity index (χ2v) is 8.54. The van der Waals surface area contributed by atoms with Gasteiger partial charge in [0.2, 0.25) is 5.95 Å². The molecule has 31 heavy (non-hydrogen) atoms. The topological polar surface area (TPSA) is 110 Å². The first-order valence-electron chi connectivity index (χ1n) is 9.56. The van der Waals surface area contributed by atoms with Gasteiger partial charge >= 0.3 is 0 Å². The van der Waals surface area contributed by atoms with Crippen LogP contribution in [0.15, 0.2) is 59.5 Å². The van der Waals surface area contributed by atoms with E-state index < -0.39 is 0 Å². The molecule has 1 atom stereocenters. The number of hydrogen-bond donors (Lipinski definition) is 3. The summed E-state index contributed by atoms with van der Waals surface area (Å²) in [4.78, 5) is 28.8. The highest BCUT2D eigenvalue weighted by atomic mass is 35.5. The smallest absolute Gasteiger partial charge is 0.257 e. The van der Waals surface area contributed by atoms with Crippen LogP contribution in [0.4, 0.5) is 11.8 Å². The van der Waals surface area contributed by atoms with Crippen molar-refractivity contribution in [1.82, 2.24) is 19.9 Å². The number of benzene rings is 2.